The molecule has 0 atom stereocenters. The predicted octanol–water partition coefficient (Wildman–Crippen LogP) is 3.61. The maximum Gasteiger partial charge on any atom is 0.138 e. The molecule has 1 aromatic heterocycles. The van der Waals surface area contributed by atoms with Crippen molar-refractivity contribution in [2.24, 2.45) is 0 Å². The molecule has 1 aromatic rings. The summed E-state index contributed by atoms with van der Waals surface area (Å²) < 4.78 is 0. The van der Waals surface area contributed by atoms with E-state index in [2.05, 4.69) is 26.0 Å². The van der Waals surface area contributed by atoms with E-state index < -0.39 is 0 Å². The number of hydrogen-bond acceptors (Lipinski definition) is 2. The number of aryl methyl sites for hydroxylation is 1. The topological polar surface area (TPSA) is 17.1 Å². The zero-order chi connectivity index (χ0) is 10.4. The van der Waals surface area contributed by atoms with Crippen molar-refractivity contribution in [3.63, 3.8) is 0 Å². The van der Waals surface area contributed by atoms with Gasteiger partial charge in [-0.15, -0.1) is 11.3 Å². The van der Waals surface area contributed by atoms with Crippen LogP contribution in [0.1, 0.15) is 42.9 Å². The average molecular weight is 210 g/mol. The Balaban J connectivity index is 2.39. The van der Waals surface area contributed by atoms with Gasteiger partial charge in [0, 0.05) is 22.6 Å². The molecule has 0 radical (unpaired) electrons. The van der Waals surface area contributed by atoms with E-state index in [4.69, 9.17) is 0 Å². The van der Waals surface area contributed by atoms with Crippen molar-refractivity contribution < 1.29 is 4.79 Å². The molecular weight excluding hydrogens is 192 g/mol. The smallest absolute Gasteiger partial charge is 0.138 e. The van der Waals surface area contributed by atoms with Crippen LogP contribution in [0.25, 0.3) is 0 Å². The highest BCUT2D eigenvalue weighted by atomic mass is 32.1. The minimum atomic E-state index is 0.386. The van der Waals surface area contributed by atoms with Gasteiger partial charge in [-0.05, 0) is 25.0 Å². The van der Waals surface area contributed by atoms with Gasteiger partial charge < -0.3 is 0 Å². The second-order valence-electron chi connectivity index (χ2n) is 3.54. The van der Waals surface area contributed by atoms with Crippen LogP contribution in [0.2, 0.25) is 0 Å². The number of carbonyl (C=O) groups is 1. The zero-order valence-electron chi connectivity index (χ0n) is 9.01. The van der Waals surface area contributed by atoms with Gasteiger partial charge >= 0.3 is 0 Å². The molecule has 0 saturated heterocycles. The van der Waals surface area contributed by atoms with Crippen molar-refractivity contribution in [2.75, 3.05) is 0 Å². The third-order valence-corrected chi connectivity index (χ3v) is 3.48. The van der Waals surface area contributed by atoms with Gasteiger partial charge in [0.15, 0.2) is 0 Å². The lowest BCUT2D eigenvalue weighted by molar-refractivity contribution is -0.118. The Morgan fingerprint density at radius 1 is 1.29 bits per heavy atom. The number of hydrogen-bond donors (Lipinski definition) is 0. The van der Waals surface area contributed by atoms with Gasteiger partial charge in [0.05, 0.1) is 0 Å². The molecule has 1 rings (SSSR count). The van der Waals surface area contributed by atoms with Crippen molar-refractivity contribution in [2.45, 2.75) is 46.0 Å². The molecular formula is C12H18OS. The van der Waals surface area contributed by atoms with E-state index in [0.717, 1.165) is 25.7 Å². The molecule has 0 bridgehead atoms. The summed E-state index contributed by atoms with van der Waals surface area (Å²) in [6.07, 6.45) is 4.61. The van der Waals surface area contributed by atoms with Crippen molar-refractivity contribution >= 4 is 17.1 Å². The third-order valence-electron chi connectivity index (χ3n) is 2.25. The quantitative estimate of drug-likeness (QED) is 0.701. The minimum Gasteiger partial charge on any atom is -0.299 e. The van der Waals surface area contributed by atoms with Crippen LogP contribution in [0.15, 0.2) is 12.1 Å². The van der Waals surface area contributed by atoms with Crippen molar-refractivity contribution in [1.29, 1.82) is 0 Å². The number of Topliss-reactive ketones (excluding diaryl/α,β-unsaturated/α-hetero) is 1. The van der Waals surface area contributed by atoms with E-state index in [1.165, 1.54) is 9.75 Å². The molecule has 1 nitrogen and oxygen atoms in total. The lowest BCUT2D eigenvalue weighted by atomic mass is 10.1. The molecule has 0 N–H and O–H groups in total. The predicted molar refractivity (Wildman–Crippen MR) is 61.9 cm³/mol. The van der Waals surface area contributed by atoms with Crippen LogP contribution in [0.4, 0.5) is 0 Å². The molecule has 0 unspecified atom stereocenters. The highest BCUT2D eigenvalue weighted by molar-refractivity contribution is 7.12. The van der Waals surface area contributed by atoms with Crippen LogP contribution in [-0.2, 0) is 17.6 Å². The van der Waals surface area contributed by atoms with E-state index in [9.17, 15) is 4.79 Å². The lowest BCUT2D eigenvalue weighted by Gasteiger charge is -1.96. The highest BCUT2D eigenvalue weighted by Crippen LogP contribution is 2.18. The molecule has 2 heteroatoms. The molecule has 78 valence electrons. The number of unbranched alkanes of at least 4 members (excludes halogenated alkanes) is 1. The Hall–Kier alpha value is -0.630. The maximum absolute atomic E-state index is 11.5. The average Bonchev–Trinajstić information content (AvgIpc) is 2.62. The van der Waals surface area contributed by atoms with E-state index in [1.807, 2.05) is 0 Å². The molecule has 0 aliphatic rings. The summed E-state index contributed by atoms with van der Waals surface area (Å²) >= 11 is 1.77. The lowest BCUT2D eigenvalue weighted by Crippen LogP contribution is -2.00. The largest absolute Gasteiger partial charge is 0.299 e. The Bertz CT molecular complexity index is 288. The molecule has 0 aliphatic heterocycles. The zero-order valence-corrected chi connectivity index (χ0v) is 9.82. The van der Waals surface area contributed by atoms with E-state index in [0.29, 0.717) is 12.2 Å². The van der Waals surface area contributed by atoms with E-state index in [-0.39, 0.29) is 0 Å². The van der Waals surface area contributed by atoms with E-state index >= 15 is 0 Å². The Morgan fingerprint density at radius 3 is 2.57 bits per heavy atom. The summed E-state index contributed by atoms with van der Waals surface area (Å²) in [6, 6.07) is 4.22. The Kier molecular flexibility index (Phi) is 4.88. The van der Waals surface area contributed by atoms with Gasteiger partial charge in [0.1, 0.15) is 5.78 Å². The summed E-state index contributed by atoms with van der Waals surface area (Å²) in [6.45, 7) is 4.27. The molecule has 0 spiro atoms. The number of ketones is 1. The summed E-state index contributed by atoms with van der Waals surface area (Å²) in [5.41, 5.74) is 0. The van der Waals surface area contributed by atoms with Gasteiger partial charge in [-0.1, -0.05) is 20.3 Å². The number of thiophene rings is 1. The van der Waals surface area contributed by atoms with Crippen molar-refractivity contribution in [3.05, 3.63) is 21.9 Å². The Labute approximate surface area is 90.2 Å². The first-order valence-corrected chi connectivity index (χ1v) is 6.17. The van der Waals surface area contributed by atoms with Crippen LogP contribution in [0, 0.1) is 0 Å². The van der Waals surface area contributed by atoms with Crippen molar-refractivity contribution in [3.8, 4) is 0 Å². The third kappa shape index (κ3) is 3.62. The van der Waals surface area contributed by atoms with Crippen LogP contribution in [0.3, 0.4) is 0 Å². The summed E-state index contributed by atoms with van der Waals surface area (Å²) in [5, 5.41) is 0. The van der Waals surface area contributed by atoms with Gasteiger partial charge in [0.2, 0.25) is 0 Å². The van der Waals surface area contributed by atoms with Gasteiger partial charge in [0.25, 0.3) is 0 Å². The normalized spacial score (nSPS) is 10.4. The second kappa shape index (κ2) is 5.97. The van der Waals surface area contributed by atoms with Crippen LogP contribution in [-0.4, -0.2) is 5.78 Å². The highest BCUT2D eigenvalue weighted by Gasteiger charge is 2.05. The van der Waals surface area contributed by atoms with Gasteiger partial charge in [-0.25, -0.2) is 0 Å². The molecule has 0 aromatic carbocycles. The summed E-state index contributed by atoms with van der Waals surface area (Å²) in [4.78, 5) is 14.1. The second-order valence-corrected chi connectivity index (χ2v) is 4.79. The number of carbonyl (C=O) groups excluding carboxylic acids is 1. The van der Waals surface area contributed by atoms with Crippen molar-refractivity contribution in [1.82, 2.24) is 0 Å². The molecule has 0 amide bonds. The molecule has 0 fully saturated rings. The maximum atomic E-state index is 11.5. The fourth-order valence-corrected chi connectivity index (χ4v) is 2.35. The first-order chi connectivity index (χ1) is 6.76. The molecule has 0 aliphatic carbocycles. The first kappa shape index (κ1) is 11.4. The van der Waals surface area contributed by atoms with Crippen LogP contribution < -0.4 is 0 Å². The molecule has 0 saturated carbocycles. The van der Waals surface area contributed by atoms with Crippen LogP contribution in [0.5, 0.6) is 0 Å². The fourth-order valence-electron chi connectivity index (χ4n) is 1.36. The minimum absolute atomic E-state index is 0.386. The standard InChI is InChI=1S/C12H18OS/c1-3-5-6-10(13)9-12-8-7-11(4-2)14-12/h7-8H,3-6,9H2,1-2H3. The first-order valence-electron chi connectivity index (χ1n) is 5.35. The molecule has 14 heavy (non-hydrogen) atoms. The fraction of sp³-hybridized carbons (Fsp3) is 0.583. The Morgan fingerprint density at radius 2 is 2.00 bits per heavy atom. The monoisotopic (exact) mass is 210 g/mol. The van der Waals surface area contributed by atoms with Crippen LogP contribution >= 0.6 is 11.3 Å². The van der Waals surface area contributed by atoms with Gasteiger partial charge in [-0.3, -0.25) is 4.79 Å². The van der Waals surface area contributed by atoms with E-state index in [1.54, 1.807) is 11.3 Å². The summed E-state index contributed by atoms with van der Waals surface area (Å²) in [5.74, 6) is 0.386. The SMILES string of the molecule is CCCCC(=O)Cc1ccc(CC)s1. The number of rotatable bonds is 6. The summed E-state index contributed by atoms with van der Waals surface area (Å²) in [7, 11) is 0. The van der Waals surface area contributed by atoms with Gasteiger partial charge in [-0.2, -0.15) is 0 Å². The molecule has 1 heterocycles.